The van der Waals surface area contributed by atoms with Gasteiger partial charge in [-0.2, -0.15) is 0 Å². The van der Waals surface area contributed by atoms with Gasteiger partial charge in [-0.3, -0.25) is 14.6 Å². The summed E-state index contributed by atoms with van der Waals surface area (Å²) in [5.74, 6) is -1.57. The van der Waals surface area contributed by atoms with Gasteiger partial charge in [0, 0.05) is 48.5 Å². The molecule has 1 atom stereocenters. The SMILES string of the molecule is O=C1C(=O)N(CCCn2ccnc2)[C@@H](c2cccnc2)/C1=C(\O)c1ccc(Cl)cc1. The van der Waals surface area contributed by atoms with Crippen molar-refractivity contribution in [1.29, 1.82) is 0 Å². The maximum atomic E-state index is 12.9. The van der Waals surface area contributed by atoms with Gasteiger partial charge in [0.05, 0.1) is 17.9 Å². The molecule has 8 heteroatoms. The molecular formula is C22H19ClN4O3. The normalized spacial score (nSPS) is 18.2. The van der Waals surface area contributed by atoms with Crippen molar-refractivity contribution in [3.05, 3.63) is 89.2 Å². The van der Waals surface area contributed by atoms with Gasteiger partial charge in [-0.1, -0.05) is 17.7 Å². The molecule has 3 heterocycles. The first kappa shape index (κ1) is 19.8. The third-order valence-electron chi connectivity index (χ3n) is 5.03. The first-order valence-corrected chi connectivity index (χ1v) is 9.84. The number of aryl methyl sites for hydroxylation is 1. The maximum Gasteiger partial charge on any atom is 0.295 e. The van der Waals surface area contributed by atoms with Gasteiger partial charge in [-0.05, 0) is 42.3 Å². The fourth-order valence-electron chi connectivity index (χ4n) is 3.60. The molecule has 0 saturated carbocycles. The van der Waals surface area contributed by atoms with Crippen molar-refractivity contribution in [1.82, 2.24) is 19.4 Å². The number of pyridine rings is 1. The predicted molar refractivity (Wildman–Crippen MR) is 112 cm³/mol. The summed E-state index contributed by atoms with van der Waals surface area (Å²) < 4.78 is 1.91. The topological polar surface area (TPSA) is 88.3 Å². The molecule has 2 aromatic heterocycles. The Hall–Kier alpha value is -3.45. The fourth-order valence-corrected chi connectivity index (χ4v) is 3.73. The van der Waals surface area contributed by atoms with E-state index in [-0.39, 0.29) is 11.3 Å². The summed E-state index contributed by atoms with van der Waals surface area (Å²) >= 11 is 5.93. The molecule has 1 amide bonds. The molecule has 30 heavy (non-hydrogen) atoms. The Labute approximate surface area is 178 Å². The summed E-state index contributed by atoms with van der Waals surface area (Å²) in [6.45, 7) is 1.000. The Morgan fingerprint density at radius 1 is 1.07 bits per heavy atom. The molecule has 4 rings (SSSR count). The second kappa shape index (κ2) is 8.51. The first-order valence-electron chi connectivity index (χ1n) is 9.46. The van der Waals surface area contributed by atoms with E-state index in [1.807, 2.05) is 10.8 Å². The number of carbonyl (C=O) groups is 2. The molecule has 1 aliphatic rings. The van der Waals surface area contributed by atoms with Gasteiger partial charge in [0.1, 0.15) is 5.76 Å². The molecular weight excluding hydrogens is 404 g/mol. The van der Waals surface area contributed by atoms with E-state index in [0.29, 0.717) is 35.7 Å². The minimum Gasteiger partial charge on any atom is -0.507 e. The molecule has 7 nitrogen and oxygen atoms in total. The minimum atomic E-state index is -0.711. The standard InChI is InChI=1S/C22H19ClN4O3/c23-17-6-4-15(5-7-17)20(28)18-19(16-3-1-8-24-13-16)27(22(30)21(18)29)11-2-10-26-12-9-25-14-26/h1,3-9,12-14,19,28H,2,10-11H2/b20-18+/t19-/m0/s1. The molecule has 1 N–H and O–H groups in total. The van der Waals surface area contributed by atoms with Crippen LogP contribution in [0.3, 0.4) is 0 Å². The molecule has 1 fully saturated rings. The lowest BCUT2D eigenvalue weighted by molar-refractivity contribution is -0.139. The molecule has 0 radical (unpaired) electrons. The highest BCUT2D eigenvalue weighted by Gasteiger charge is 2.45. The van der Waals surface area contributed by atoms with E-state index in [2.05, 4.69) is 9.97 Å². The molecule has 0 unspecified atom stereocenters. The number of imidazole rings is 1. The molecule has 1 aromatic carbocycles. The summed E-state index contributed by atoms with van der Waals surface area (Å²) in [7, 11) is 0. The van der Waals surface area contributed by atoms with Crippen LogP contribution in [0.1, 0.15) is 23.6 Å². The van der Waals surface area contributed by atoms with Crippen LogP contribution in [0.4, 0.5) is 0 Å². The van der Waals surface area contributed by atoms with Crippen LogP contribution >= 0.6 is 11.6 Å². The quantitative estimate of drug-likeness (QED) is 0.373. The highest BCUT2D eigenvalue weighted by Crippen LogP contribution is 2.39. The fraction of sp³-hybridized carbons (Fsp3) is 0.182. The molecule has 1 saturated heterocycles. The Kier molecular flexibility index (Phi) is 5.63. The third-order valence-corrected chi connectivity index (χ3v) is 5.28. The molecule has 1 aliphatic heterocycles. The summed E-state index contributed by atoms with van der Waals surface area (Å²) in [4.78, 5) is 35.4. The van der Waals surface area contributed by atoms with E-state index in [0.717, 1.165) is 0 Å². The highest BCUT2D eigenvalue weighted by atomic mass is 35.5. The summed E-state index contributed by atoms with van der Waals surface area (Å²) in [6.07, 6.45) is 9.08. The number of aliphatic hydroxyl groups excluding tert-OH is 1. The van der Waals surface area contributed by atoms with Crippen LogP contribution in [-0.2, 0) is 16.1 Å². The number of aliphatic hydroxyl groups is 1. The third kappa shape index (κ3) is 3.84. The highest BCUT2D eigenvalue weighted by molar-refractivity contribution is 6.46. The molecule has 152 valence electrons. The number of rotatable bonds is 6. The number of halogens is 1. The van der Waals surface area contributed by atoms with Crippen molar-refractivity contribution in [2.75, 3.05) is 6.54 Å². The summed E-state index contributed by atoms with van der Waals surface area (Å²) in [5, 5.41) is 11.4. The maximum absolute atomic E-state index is 12.9. The van der Waals surface area contributed by atoms with Crippen LogP contribution < -0.4 is 0 Å². The van der Waals surface area contributed by atoms with Gasteiger partial charge in [-0.15, -0.1) is 0 Å². The van der Waals surface area contributed by atoms with Gasteiger partial charge in [0.15, 0.2) is 0 Å². The van der Waals surface area contributed by atoms with Gasteiger partial charge in [0.25, 0.3) is 11.7 Å². The molecule has 0 aliphatic carbocycles. The largest absolute Gasteiger partial charge is 0.507 e. The Balaban J connectivity index is 1.71. The van der Waals surface area contributed by atoms with Gasteiger partial charge in [0.2, 0.25) is 0 Å². The molecule has 0 spiro atoms. The number of ketones is 1. The Morgan fingerprint density at radius 2 is 1.87 bits per heavy atom. The smallest absolute Gasteiger partial charge is 0.295 e. The zero-order valence-electron chi connectivity index (χ0n) is 16.0. The number of Topliss-reactive ketones (excluding diaryl/α,β-unsaturated/α-hetero) is 1. The molecule has 0 bridgehead atoms. The van der Waals surface area contributed by atoms with Crippen molar-refractivity contribution >= 4 is 29.1 Å². The number of benzene rings is 1. The second-order valence-electron chi connectivity index (χ2n) is 6.94. The van der Waals surface area contributed by atoms with E-state index in [1.54, 1.807) is 61.3 Å². The average Bonchev–Trinajstić information content (AvgIpc) is 3.37. The number of amides is 1. The van der Waals surface area contributed by atoms with Crippen molar-refractivity contribution < 1.29 is 14.7 Å². The number of hydrogen-bond donors (Lipinski definition) is 1. The van der Waals surface area contributed by atoms with Gasteiger partial charge >= 0.3 is 0 Å². The number of aromatic nitrogens is 3. The lowest BCUT2D eigenvalue weighted by Crippen LogP contribution is -2.31. The summed E-state index contributed by atoms with van der Waals surface area (Å²) in [5.41, 5.74) is 1.14. The van der Waals surface area contributed by atoms with E-state index in [9.17, 15) is 14.7 Å². The van der Waals surface area contributed by atoms with Gasteiger partial charge in [-0.25, -0.2) is 4.98 Å². The zero-order valence-corrected chi connectivity index (χ0v) is 16.7. The molecule has 3 aromatic rings. The van der Waals surface area contributed by atoms with Gasteiger partial charge < -0.3 is 14.6 Å². The lowest BCUT2D eigenvalue weighted by Gasteiger charge is -2.25. The van der Waals surface area contributed by atoms with Crippen LogP contribution in [0.15, 0.2) is 73.1 Å². The summed E-state index contributed by atoms with van der Waals surface area (Å²) in [6, 6.07) is 9.30. The van der Waals surface area contributed by atoms with Crippen LogP contribution in [0.2, 0.25) is 5.02 Å². The van der Waals surface area contributed by atoms with Crippen LogP contribution in [0.25, 0.3) is 5.76 Å². The predicted octanol–water partition coefficient (Wildman–Crippen LogP) is 3.44. The monoisotopic (exact) mass is 422 g/mol. The van der Waals surface area contributed by atoms with Crippen molar-refractivity contribution in [3.8, 4) is 0 Å². The van der Waals surface area contributed by atoms with E-state index < -0.39 is 17.7 Å². The van der Waals surface area contributed by atoms with Crippen molar-refractivity contribution in [2.45, 2.75) is 19.0 Å². The van der Waals surface area contributed by atoms with Crippen molar-refractivity contribution in [2.24, 2.45) is 0 Å². The average molecular weight is 423 g/mol. The van der Waals surface area contributed by atoms with E-state index in [4.69, 9.17) is 11.6 Å². The van der Waals surface area contributed by atoms with Crippen molar-refractivity contribution in [3.63, 3.8) is 0 Å². The number of likely N-dealkylation sites (tertiary alicyclic amines) is 1. The lowest BCUT2D eigenvalue weighted by atomic mass is 9.96. The van der Waals surface area contributed by atoms with Crippen LogP contribution in [-0.4, -0.2) is 42.8 Å². The second-order valence-corrected chi connectivity index (χ2v) is 7.38. The zero-order chi connectivity index (χ0) is 21.1. The number of carbonyl (C=O) groups excluding carboxylic acids is 2. The van der Waals surface area contributed by atoms with Crippen LogP contribution in [0.5, 0.6) is 0 Å². The number of hydrogen-bond acceptors (Lipinski definition) is 5. The number of nitrogens with zero attached hydrogens (tertiary/aromatic N) is 4. The first-order chi connectivity index (χ1) is 14.6. The minimum absolute atomic E-state index is 0.0537. The van der Waals surface area contributed by atoms with Crippen LogP contribution in [0, 0.1) is 0 Å². The van der Waals surface area contributed by atoms with E-state index >= 15 is 0 Å². The van der Waals surface area contributed by atoms with E-state index in [1.165, 1.54) is 4.90 Å². The Bertz CT molecular complexity index is 1080. The Morgan fingerprint density at radius 3 is 2.53 bits per heavy atom.